The predicted molar refractivity (Wildman–Crippen MR) is 165 cm³/mol. The summed E-state index contributed by atoms with van der Waals surface area (Å²) < 4.78 is 8.86. The number of nitrogens with one attached hydrogen (secondary N) is 1. The number of amides is 1. The molecule has 0 unspecified atom stereocenters. The number of nitrogens with zero attached hydrogens (tertiary/aromatic N) is 1. The van der Waals surface area contributed by atoms with Gasteiger partial charge in [-0.25, -0.2) is 0 Å². The summed E-state index contributed by atoms with van der Waals surface area (Å²) in [5.74, 6) is -0.302. The minimum absolute atomic E-state index is 0.129. The molecule has 10 heteroatoms. The molecule has 2 aromatic carbocycles. The summed E-state index contributed by atoms with van der Waals surface area (Å²) in [6.07, 6.45) is 1.79. The van der Waals surface area contributed by atoms with E-state index in [0.29, 0.717) is 6.54 Å². The van der Waals surface area contributed by atoms with Gasteiger partial charge in [-0.2, -0.15) is 0 Å². The summed E-state index contributed by atoms with van der Waals surface area (Å²) in [7, 11) is 0. The van der Waals surface area contributed by atoms with Crippen LogP contribution in [0.2, 0.25) is 0 Å². The first-order valence-electron chi connectivity index (χ1n) is 10.1. The average Bonchev–Trinajstić information content (AvgIpc) is 3.14. The molecule has 0 bridgehead atoms. The number of alkyl halides is 5. The second-order valence-electron chi connectivity index (χ2n) is 7.49. The van der Waals surface area contributed by atoms with Crippen molar-refractivity contribution in [3.63, 3.8) is 0 Å². The maximum atomic E-state index is 13.9. The summed E-state index contributed by atoms with van der Waals surface area (Å²) in [5, 5.41) is 5.02. The number of carbonyl (C=O) groups is 1. The van der Waals surface area contributed by atoms with Gasteiger partial charge in [-0.3, -0.25) is 0 Å². The van der Waals surface area contributed by atoms with Gasteiger partial charge in [0, 0.05) is 4.43 Å². The van der Waals surface area contributed by atoms with Crippen LogP contribution in [0.15, 0.2) is 35.3 Å². The topological polar surface area (TPSA) is 50.6 Å². The Labute approximate surface area is 274 Å². The molecule has 0 aliphatic carbocycles. The normalized spacial score (nSPS) is 11.8. The van der Waals surface area contributed by atoms with Crippen molar-refractivity contribution in [2.75, 3.05) is 9.86 Å². The van der Waals surface area contributed by atoms with E-state index >= 15 is 0 Å². The quantitative estimate of drug-likeness (QED) is 0.200. The molecule has 1 N–H and O–H groups in total. The van der Waals surface area contributed by atoms with Crippen LogP contribution in [0, 0.1) is 10.7 Å². The molecule has 4 rings (SSSR count). The Morgan fingerprint density at radius 3 is 2.15 bits per heavy atom. The van der Waals surface area contributed by atoms with Crippen LogP contribution < -0.4 is 53.2 Å². The van der Waals surface area contributed by atoms with Gasteiger partial charge >= 0.3 is 251 Å². The van der Waals surface area contributed by atoms with Crippen LogP contribution in [0.25, 0.3) is 16.3 Å². The molecule has 0 fully saturated rings. The zero-order valence-electron chi connectivity index (χ0n) is 18.2. The summed E-state index contributed by atoms with van der Waals surface area (Å²) >= 11 is 9.23. The van der Waals surface area contributed by atoms with Crippen molar-refractivity contribution >= 4 is 113 Å². The summed E-state index contributed by atoms with van der Waals surface area (Å²) in [6.45, 7) is 0.402. The van der Waals surface area contributed by atoms with Crippen LogP contribution in [-0.4, -0.2) is 20.2 Å². The predicted octanol–water partition coefficient (Wildman–Crippen LogP) is 0.00690. The van der Waals surface area contributed by atoms with Crippen molar-refractivity contribution < 1.29 is 47.2 Å². The summed E-state index contributed by atoms with van der Waals surface area (Å²) in [5.41, 5.74) is 5.75. The molecule has 4 nitrogen and oxygen atoms in total. The fourth-order valence-corrected chi connectivity index (χ4v) is 15.5. The van der Waals surface area contributed by atoms with Gasteiger partial charge in [-0.1, -0.05) is 22.6 Å². The van der Waals surface area contributed by atoms with E-state index in [-0.39, 0.29) is 59.3 Å². The first-order valence-corrected chi connectivity index (χ1v) is 22.2. The molecule has 0 aliphatic rings. The van der Waals surface area contributed by atoms with Gasteiger partial charge in [-0.05, 0) is 0 Å². The third-order valence-corrected chi connectivity index (χ3v) is 14.7. The van der Waals surface area contributed by atoms with Crippen LogP contribution in [-0.2, 0) is 19.8 Å². The molecular weight excluding hydrogens is 1110 g/mol. The van der Waals surface area contributed by atoms with Crippen LogP contribution in [0.4, 0.5) is 0 Å². The van der Waals surface area contributed by atoms with Gasteiger partial charge in [-0.15, -0.1) is 0 Å². The standard InChI is InChI=1S/C24H20I6N2O2/c1-29-20-14(8-26)17-22-18(21(20)30-2)19(28)16(9-27)32(22)11-15(23(17)33)24(34)31-10-13-5-3-12(7-25)4-6-13/h3-6,11H,7-10H2,1-2H3,(H,31,34)/q-2. The maximum absolute atomic E-state index is 13.9. The molecular formula is C24H20I6N2O2-2. The monoisotopic (exact) mass is 1130 g/mol. The Morgan fingerprint density at radius 1 is 0.941 bits per heavy atom. The van der Waals surface area contributed by atoms with Crippen molar-refractivity contribution in [3.05, 3.63) is 79.3 Å². The number of rotatable bonds is 8. The number of benzene rings is 2. The number of hydrogen-bond acceptors (Lipinski definition) is 2. The van der Waals surface area contributed by atoms with E-state index in [1.165, 1.54) is 27.4 Å². The third-order valence-electron chi connectivity index (χ3n) is 5.70. The molecule has 4 aromatic rings. The van der Waals surface area contributed by atoms with E-state index < -0.39 is 0 Å². The van der Waals surface area contributed by atoms with Gasteiger partial charge in [0.25, 0.3) is 0 Å². The van der Waals surface area contributed by atoms with Crippen molar-refractivity contribution in [1.82, 2.24) is 9.72 Å². The van der Waals surface area contributed by atoms with Crippen LogP contribution in [0.3, 0.4) is 0 Å². The van der Waals surface area contributed by atoms with Crippen molar-refractivity contribution in [1.29, 1.82) is 0 Å². The van der Waals surface area contributed by atoms with Crippen LogP contribution >= 0.6 is 90.4 Å². The van der Waals surface area contributed by atoms with E-state index in [2.05, 4.69) is 122 Å². The van der Waals surface area contributed by atoms with E-state index in [9.17, 15) is 9.59 Å². The van der Waals surface area contributed by atoms with Crippen molar-refractivity contribution in [3.8, 4) is 0 Å². The number of halogens is 6. The second-order valence-corrected chi connectivity index (χ2v) is 15.2. The molecule has 0 saturated carbocycles. The molecule has 0 atom stereocenters. The molecule has 0 spiro atoms. The van der Waals surface area contributed by atoms with Gasteiger partial charge in [0.15, 0.2) is 0 Å². The zero-order valence-corrected chi connectivity index (χ0v) is 31.2. The SMILES string of the molecule is C[I-]c1c([I-]C)c2c(I)c(CI)n3cc(C(=O)NCc4ccc(CI)cc4)c(=O)c(c1CI)c23. The molecule has 182 valence electrons. The van der Waals surface area contributed by atoms with E-state index in [1.54, 1.807) is 6.20 Å². The Morgan fingerprint density at radius 2 is 1.59 bits per heavy atom. The number of hydrogen-bond donors (Lipinski definition) is 1. The fraction of sp³-hybridized carbons (Fsp3) is 0.250. The summed E-state index contributed by atoms with van der Waals surface area (Å²) in [4.78, 5) is 31.8. The van der Waals surface area contributed by atoms with E-state index in [4.69, 9.17) is 0 Å². The molecule has 0 radical (unpaired) electrons. The van der Waals surface area contributed by atoms with Gasteiger partial charge < -0.3 is 0 Å². The first-order chi connectivity index (χ1) is 16.4. The Bertz CT molecular complexity index is 1430. The first kappa shape index (κ1) is 28.3. The number of pyridine rings is 1. The molecule has 0 saturated heterocycles. The summed E-state index contributed by atoms with van der Waals surface area (Å²) in [6, 6.07) is 8.23. The number of aromatic nitrogens is 1. The fourth-order valence-electron chi connectivity index (χ4n) is 4.07. The Hall–Kier alpha value is 1.24. The Kier molecular flexibility index (Phi) is 10.3. The molecule has 2 aromatic heterocycles. The van der Waals surface area contributed by atoms with Gasteiger partial charge in [0.05, 0.1) is 0 Å². The molecule has 0 aliphatic heterocycles. The minimum atomic E-state index is -0.302. The Balaban J connectivity index is 1.91. The molecule has 2 heterocycles. The third kappa shape index (κ3) is 5.11. The van der Waals surface area contributed by atoms with E-state index in [0.717, 1.165) is 35.3 Å². The molecule has 1 amide bonds. The average molecular weight is 1130 g/mol. The van der Waals surface area contributed by atoms with Gasteiger partial charge in [0.2, 0.25) is 0 Å². The second kappa shape index (κ2) is 12.4. The molecule has 34 heavy (non-hydrogen) atoms. The zero-order chi connectivity index (χ0) is 24.6. The van der Waals surface area contributed by atoms with Crippen molar-refractivity contribution in [2.45, 2.75) is 19.8 Å². The van der Waals surface area contributed by atoms with E-state index in [1.807, 2.05) is 12.1 Å². The van der Waals surface area contributed by atoms with Crippen LogP contribution in [0.1, 0.15) is 32.7 Å². The number of carbonyl (C=O) groups excluding carboxylic acids is 1. The van der Waals surface area contributed by atoms with Crippen molar-refractivity contribution in [2.24, 2.45) is 0 Å². The van der Waals surface area contributed by atoms with Gasteiger partial charge in [0.1, 0.15) is 0 Å². The van der Waals surface area contributed by atoms with Crippen LogP contribution in [0.5, 0.6) is 0 Å².